The van der Waals surface area contributed by atoms with Gasteiger partial charge in [0, 0.05) is 11.6 Å². The van der Waals surface area contributed by atoms with Crippen LogP contribution in [-0.4, -0.2) is 11.6 Å². The molecule has 3 nitrogen and oxygen atoms in total. The van der Waals surface area contributed by atoms with Gasteiger partial charge in [0.05, 0.1) is 0 Å². The van der Waals surface area contributed by atoms with Crippen LogP contribution in [0.5, 0.6) is 11.5 Å². The van der Waals surface area contributed by atoms with Gasteiger partial charge in [-0.25, -0.2) is 0 Å². The maximum absolute atomic E-state index is 12.6. The van der Waals surface area contributed by atoms with E-state index in [1.54, 1.807) is 24.3 Å². The number of para-hydroxylation sites is 2. The molecule has 0 unspecified atom stereocenters. The van der Waals surface area contributed by atoms with Crippen molar-refractivity contribution in [2.75, 3.05) is 0 Å². The molecule has 0 fully saturated rings. The summed E-state index contributed by atoms with van der Waals surface area (Å²) in [7, 11) is 0. The number of fused-ring (bicyclic) bond motifs is 2. The number of ketones is 1. The van der Waals surface area contributed by atoms with Crippen molar-refractivity contribution in [1.82, 2.24) is 0 Å². The normalized spacial score (nSPS) is 17.6. The summed E-state index contributed by atoms with van der Waals surface area (Å²) in [6, 6.07) is 14.7. The van der Waals surface area contributed by atoms with Crippen LogP contribution in [0.15, 0.2) is 54.6 Å². The minimum absolute atomic E-state index is 0.165. The number of hydrogen-bond acceptors (Lipinski definition) is 3. The van der Waals surface area contributed by atoms with Gasteiger partial charge in [-0.15, -0.1) is 0 Å². The van der Waals surface area contributed by atoms with Crippen LogP contribution < -0.4 is 9.47 Å². The molecule has 0 atom stereocenters. The minimum Gasteiger partial charge on any atom is -0.438 e. The first-order valence-electron chi connectivity index (χ1n) is 6.09. The van der Waals surface area contributed by atoms with Crippen LogP contribution >= 0.6 is 0 Å². The van der Waals surface area contributed by atoms with Crippen LogP contribution in [0.3, 0.4) is 0 Å². The van der Waals surface area contributed by atoms with Crippen LogP contribution in [0.4, 0.5) is 0 Å². The molecule has 0 radical (unpaired) electrons. The number of rotatable bonds is 0. The van der Waals surface area contributed by atoms with E-state index in [0.29, 0.717) is 17.1 Å². The molecule has 0 aromatic heterocycles. The predicted octanol–water partition coefficient (Wildman–Crippen LogP) is 3.06. The molecule has 92 valence electrons. The molecule has 1 aliphatic heterocycles. The predicted molar refractivity (Wildman–Crippen MR) is 70.2 cm³/mol. The Balaban J connectivity index is 1.83. The summed E-state index contributed by atoms with van der Waals surface area (Å²) in [5, 5.41) is 0. The second-order valence-corrected chi connectivity index (χ2v) is 4.57. The number of hydrogen-bond donors (Lipinski definition) is 0. The maximum Gasteiger partial charge on any atom is 0.337 e. The highest BCUT2D eigenvalue weighted by molar-refractivity contribution is 6.08. The van der Waals surface area contributed by atoms with Gasteiger partial charge in [-0.2, -0.15) is 0 Å². The summed E-state index contributed by atoms with van der Waals surface area (Å²) in [6.07, 6.45) is 3.54. The van der Waals surface area contributed by atoms with Crippen molar-refractivity contribution in [1.29, 1.82) is 0 Å². The third kappa shape index (κ3) is 1.35. The van der Waals surface area contributed by atoms with Crippen LogP contribution in [0.1, 0.15) is 15.9 Å². The summed E-state index contributed by atoms with van der Waals surface area (Å²) in [6.45, 7) is 0. The molecule has 2 aromatic rings. The van der Waals surface area contributed by atoms with E-state index in [1.165, 1.54) is 0 Å². The smallest absolute Gasteiger partial charge is 0.337 e. The fourth-order valence-electron chi connectivity index (χ4n) is 2.44. The average Bonchev–Trinajstić information content (AvgIpc) is 2.83. The lowest BCUT2D eigenvalue weighted by molar-refractivity contribution is -0.0129. The molecule has 4 rings (SSSR count). The van der Waals surface area contributed by atoms with Crippen LogP contribution in [0.25, 0.3) is 6.08 Å². The Bertz CT molecular complexity index is 690. The number of carbonyl (C=O) groups is 1. The number of Topliss-reactive ketones (excluding diaryl/α,β-unsaturated/α-hetero) is 1. The quantitative estimate of drug-likeness (QED) is 0.720. The van der Waals surface area contributed by atoms with Gasteiger partial charge in [0.1, 0.15) is 0 Å². The molecule has 1 heterocycles. The molecule has 0 bridgehead atoms. The topological polar surface area (TPSA) is 35.5 Å². The lowest BCUT2D eigenvalue weighted by Gasteiger charge is -2.26. The Kier molecular flexibility index (Phi) is 1.90. The fourth-order valence-corrected chi connectivity index (χ4v) is 2.44. The van der Waals surface area contributed by atoms with Crippen LogP contribution in [0.2, 0.25) is 0 Å². The van der Waals surface area contributed by atoms with E-state index >= 15 is 0 Å². The zero-order valence-electron chi connectivity index (χ0n) is 10.00. The van der Waals surface area contributed by atoms with Crippen molar-refractivity contribution in [3.05, 3.63) is 65.7 Å². The van der Waals surface area contributed by atoms with E-state index < -0.39 is 5.79 Å². The Morgan fingerprint density at radius 2 is 1.47 bits per heavy atom. The van der Waals surface area contributed by atoms with Gasteiger partial charge in [0.15, 0.2) is 11.5 Å². The first-order chi connectivity index (χ1) is 9.28. The molecule has 0 amide bonds. The molecular formula is C16H10O3. The van der Waals surface area contributed by atoms with Crippen molar-refractivity contribution >= 4 is 11.9 Å². The lowest BCUT2D eigenvalue weighted by Crippen LogP contribution is -2.46. The second-order valence-electron chi connectivity index (χ2n) is 4.57. The summed E-state index contributed by atoms with van der Waals surface area (Å²) in [5.74, 6) is -0.306. The van der Waals surface area contributed by atoms with Gasteiger partial charge in [-0.1, -0.05) is 42.5 Å². The summed E-state index contributed by atoms with van der Waals surface area (Å²) >= 11 is 0. The number of ether oxygens (including phenoxy) is 2. The van der Waals surface area contributed by atoms with Crippen LogP contribution in [0, 0.1) is 0 Å². The third-order valence-corrected chi connectivity index (χ3v) is 3.38. The SMILES string of the molecule is O=C1c2ccccc2C=CC12Oc1ccccc1O2. The Hall–Kier alpha value is -2.55. The highest BCUT2D eigenvalue weighted by Gasteiger charge is 2.49. The van der Waals surface area contributed by atoms with Crippen molar-refractivity contribution in [3.63, 3.8) is 0 Å². The molecule has 2 aliphatic rings. The third-order valence-electron chi connectivity index (χ3n) is 3.38. The zero-order chi connectivity index (χ0) is 12.9. The van der Waals surface area contributed by atoms with E-state index in [1.807, 2.05) is 36.4 Å². The molecule has 3 heteroatoms. The number of benzene rings is 2. The fraction of sp³-hybridized carbons (Fsp3) is 0.0625. The molecule has 2 aromatic carbocycles. The van der Waals surface area contributed by atoms with E-state index in [9.17, 15) is 4.79 Å². The highest BCUT2D eigenvalue weighted by atomic mass is 16.7. The van der Waals surface area contributed by atoms with Crippen molar-refractivity contribution in [2.24, 2.45) is 0 Å². The standard InChI is InChI=1S/C16H10O3/c17-15-12-6-2-1-5-11(12)9-10-16(15)18-13-7-3-4-8-14(13)19-16/h1-10H. The second kappa shape index (κ2) is 3.48. The molecule has 0 saturated heterocycles. The Labute approximate surface area is 110 Å². The molecule has 1 spiro atoms. The first kappa shape index (κ1) is 10.4. The van der Waals surface area contributed by atoms with E-state index in [0.717, 1.165) is 5.56 Å². The van der Waals surface area contributed by atoms with Crippen LogP contribution in [-0.2, 0) is 0 Å². The molecule has 19 heavy (non-hydrogen) atoms. The van der Waals surface area contributed by atoms with E-state index in [4.69, 9.17) is 9.47 Å². The highest BCUT2D eigenvalue weighted by Crippen LogP contribution is 2.43. The lowest BCUT2D eigenvalue weighted by atomic mass is 9.92. The largest absolute Gasteiger partial charge is 0.438 e. The zero-order valence-corrected chi connectivity index (χ0v) is 10.00. The number of carbonyl (C=O) groups excluding carboxylic acids is 1. The van der Waals surface area contributed by atoms with Gasteiger partial charge < -0.3 is 9.47 Å². The van der Waals surface area contributed by atoms with Gasteiger partial charge in [-0.05, 0) is 17.7 Å². The Morgan fingerprint density at radius 3 is 2.21 bits per heavy atom. The molecule has 0 N–H and O–H groups in total. The first-order valence-corrected chi connectivity index (χ1v) is 6.09. The van der Waals surface area contributed by atoms with Gasteiger partial charge >= 0.3 is 5.79 Å². The summed E-state index contributed by atoms with van der Waals surface area (Å²) < 4.78 is 11.5. The van der Waals surface area contributed by atoms with Gasteiger partial charge in [0.2, 0.25) is 0 Å². The van der Waals surface area contributed by atoms with Gasteiger partial charge in [-0.3, -0.25) is 4.79 Å². The minimum atomic E-state index is -1.34. The van der Waals surface area contributed by atoms with Crippen molar-refractivity contribution < 1.29 is 14.3 Å². The average molecular weight is 250 g/mol. The maximum atomic E-state index is 12.6. The Morgan fingerprint density at radius 1 is 0.842 bits per heavy atom. The summed E-state index contributed by atoms with van der Waals surface area (Å²) in [5.41, 5.74) is 1.51. The van der Waals surface area contributed by atoms with E-state index in [-0.39, 0.29) is 5.78 Å². The monoisotopic (exact) mass is 250 g/mol. The molecule has 0 saturated carbocycles. The van der Waals surface area contributed by atoms with Gasteiger partial charge in [0.25, 0.3) is 5.78 Å². The van der Waals surface area contributed by atoms with Crippen molar-refractivity contribution in [3.8, 4) is 11.5 Å². The summed E-state index contributed by atoms with van der Waals surface area (Å²) in [4.78, 5) is 12.6. The van der Waals surface area contributed by atoms with E-state index in [2.05, 4.69) is 0 Å². The molecule has 1 aliphatic carbocycles. The molecular weight excluding hydrogens is 240 g/mol. The van der Waals surface area contributed by atoms with Crippen molar-refractivity contribution in [2.45, 2.75) is 5.79 Å².